The number of hydrogen-bond acceptors (Lipinski definition) is 4. The minimum atomic E-state index is -0.528. The predicted octanol–water partition coefficient (Wildman–Crippen LogP) is 3.03. The van der Waals surface area contributed by atoms with E-state index in [0.29, 0.717) is 6.61 Å². The number of rotatable bonds is 4. The Morgan fingerprint density at radius 1 is 1.44 bits per heavy atom. The molecule has 0 spiro atoms. The summed E-state index contributed by atoms with van der Waals surface area (Å²) in [7, 11) is 0. The van der Waals surface area contributed by atoms with E-state index < -0.39 is 4.92 Å². The van der Waals surface area contributed by atoms with Crippen molar-refractivity contribution in [1.29, 1.82) is 0 Å². The van der Waals surface area contributed by atoms with E-state index in [1.165, 1.54) is 12.1 Å². The summed E-state index contributed by atoms with van der Waals surface area (Å²) in [6.07, 6.45) is 2.10. The molecule has 1 aliphatic rings. The molecule has 1 aromatic rings. The van der Waals surface area contributed by atoms with Gasteiger partial charge in [-0.1, -0.05) is 23.2 Å². The first-order valence-electron chi connectivity index (χ1n) is 5.57. The van der Waals surface area contributed by atoms with Gasteiger partial charge in [-0.2, -0.15) is 0 Å². The molecule has 0 unspecified atom stereocenters. The SMILES string of the molecule is O=[N+]([O-])c1cc(Cl)c(Cl)cc1OC[C@@H]1CCCN1. The molecule has 0 radical (unpaired) electrons. The molecule has 18 heavy (non-hydrogen) atoms. The molecule has 98 valence electrons. The van der Waals surface area contributed by atoms with Crippen LogP contribution in [0.5, 0.6) is 5.75 Å². The summed E-state index contributed by atoms with van der Waals surface area (Å²) in [6, 6.07) is 2.83. The molecule has 1 saturated heterocycles. The van der Waals surface area contributed by atoms with Crippen molar-refractivity contribution < 1.29 is 9.66 Å². The second-order valence-corrected chi connectivity index (χ2v) is 4.91. The third kappa shape index (κ3) is 3.04. The van der Waals surface area contributed by atoms with Gasteiger partial charge in [-0.05, 0) is 19.4 Å². The third-order valence-corrected chi connectivity index (χ3v) is 3.52. The van der Waals surface area contributed by atoms with E-state index >= 15 is 0 Å². The van der Waals surface area contributed by atoms with Crippen LogP contribution in [0.2, 0.25) is 10.0 Å². The fraction of sp³-hybridized carbons (Fsp3) is 0.455. The van der Waals surface area contributed by atoms with E-state index in [9.17, 15) is 10.1 Å². The van der Waals surface area contributed by atoms with E-state index in [-0.39, 0.29) is 27.5 Å². The maximum atomic E-state index is 10.9. The van der Waals surface area contributed by atoms with Crippen LogP contribution in [-0.2, 0) is 0 Å². The summed E-state index contributed by atoms with van der Waals surface area (Å²) in [4.78, 5) is 10.4. The summed E-state index contributed by atoms with van der Waals surface area (Å²) < 4.78 is 5.47. The quantitative estimate of drug-likeness (QED) is 0.684. The lowest BCUT2D eigenvalue weighted by molar-refractivity contribution is -0.385. The van der Waals surface area contributed by atoms with Crippen LogP contribution in [0.25, 0.3) is 0 Å². The Kier molecular flexibility index (Phi) is 4.27. The van der Waals surface area contributed by atoms with Crippen molar-refractivity contribution in [3.63, 3.8) is 0 Å². The van der Waals surface area contributed by atoms with Crippen molar-refractivity contribution in [2.24, 2.45) is 0 Å². The molecule has 1 aliphatic heterocycles. The van der Waals surface area contributed by atoms with Crippen molar-refractivity contribution in [2.45, 2.75) is 18.9 Å². The number of ether oxygens (including phenoxy) is 1. The largest absolute Gasteiger partial charge is 0.485 e. The zero-order valence-corrected chi connectivity index (χ0v) is 11.0. The van der Waals surface area contributed by atoms with Gasteiger partial charge in [-0.15, -0.1) is 0 Å². The van der Waals surface area contributed by atoms with Crippen LogP contribution in [0, 0.1) is 10.1 Å². The second-order valence-electron chi connectivity index (χ2n) is 4.10. The van der Waals surface area contributed by atoms with Gasteiger partial charge >= 0.3 is 5.69 Å². The average molecular weight is 291 g/mol. The first-order valence-corrected chi connectivity index (χ1v) is 6.33. The summed E-state index contributed by atoms with van der Waals surface area (Å²) in [5.41, 5.74) is -0.164. The van der Waals surface area contributed by atoms with E-state index in [1.807, 2.05) is 0 Å². The second kappa shape index (κ2) is 5.73. The standard InChI is InChI=1S/C11H12Cl2N2O3/c12-8-4-10(15(16)17)11(5-9(8)13)18-6-7-2-1-3-14-7/h4-5,7,14H,1-3,6H2/t7-/m0/s1. The lowest BCUT2D eigenvalue weighted by Gasteiger charge is -2.12. The fourth-order valence-electron chi connectivity index (χ4n) is 1.87. The van der Waals surface area contributed by atoms with Crippen LogP contribution in [0.1, 0.15) is 12.8 Å². The van der Waals surface area contributed by atoms with Crippen molar-refractivity contribution in [1.82, 2.24) is 5.32 Å². The third-order valence-electron chi connectivity index (χ3n) is 2.80. The first kappa shape index (κ1) is 13.4. The van der Waals surface area contributed by atoms with E-state index in [2.05, 4.69) is 5.32 Å². The van der Waals surface area contributed by atoms with E-state index in [1.54, 1.807) is 0 Å². The Morgan fingerprint density at radius 3 is 2.78 bits per heavy atom. The lowest BCUT2D eigenvalue weighted by Crippen LogP contribution is -2.28. The number of nitro benzene ring substituents is 1. The van der Waals surface area contributed by atoms with E-state index in [0.717, 1.165) is 19.4 Å². The summed E-state index contributed by atoms with van der Waals surface area (Å²) in [5, 5.41) is 14.5. The van der Waals surface area contributed by atoms with Crippen LogP contribution in [0.4, 0.5) is 5.69 Å². The summed E-state index contributed by atoms with van der Waals surface area (Å²) in [5.74, 6) is 0.156. The summed E-state index contributed by atoms with van der Waals surface area (Å²) >= 11 is 11.6. The highest BCUT2D eigenvalue weighted by Gasteiger charge is 2.21. The normalized spacial score (nSPS) is 18.9. The molecule has 5 nitrogen and oxygen atoms in total. The minimum absolute atomic E-state index is 0.148. The zero-order valence-electron chi connectivity index (χ0n) is 9.49. The number of nitrogens with one attached hydrogen (secondary N) is 1. The van der Waals surface area contributed by atoms with Gasteiger partial charge in [-0.25, -0.2) is 0 Å². The van der Waals surface area contributed by atoms with Crippen molar-refractivity contribution in [2.75, 3.05) is 13.2 Å². The number of benzene rings is 1. The van der Waals surface area contributed by atoms with Crippen molar-refractivity contribution >= 4 is 28.9 Å². The molecule has 2 rings (SSSR count). The maximum absolute atomic E-state index is 10.9. The number of nitro groups is 1. The Hall–Kier alpha value is -1.04. The molecule has 7 heteroatoms. The number of halogens is 2. The maximum Gasteiger partial charge on any atom is 0.312 e. The van der Waals surface area contributed by atoms with Crippen LogP contribution in [-0.4, -0.2) is 24.1 Å². The van der Waals surface area contributed by atoms with Gasteiger partial charge in [0.05, 0.1) is 15.0 Å². The zero-order chi connectivity index (χ0) is 13.1. The Balaban J connectivity index is 2.14. The molecule has 0 aromatic heterocycles. The smallest absolute Gasteiger partial charge is 0.312 e. The number of hydrogen-bond donors (Lipinski definition) is 1. The van der Waals surface area contributed by atoms with Gasteiger partial charge in [0.25, 0.3) is 0 Å². The molecule has 1 N–H and O–H groups in total. The van der Waals surface area contributed by atoms with Gasteiger partial charge < -0.3 is 10.1 Å². The number of nitrogens with zero attached hydrogens (tertiary/aromatic N) is 1. The average Bonchev–Trinajstić information content (AvgIpc) is 2.83. The highest BCUT2D eigenvalue weighted by atomic mass is 35.5. The molecule has 0 amide bonds. The molecule has 0 bridgehead atoms. The molecule has 1 fully saturated rings. The monoisotopic (exact) mass is 290 g/mol. The van der Waals surface area contributed by atoms with Gasteiger partial charge in [0.1, 0.15) is 6.61 Å². The van der Waals surface area contributed by atoms with E-state index in [4.69, 9.17) is 27.9 Å². The van der Waals surface area contributed by atoms with Gasteiger partial charge in [0.15, 0.2) is 5.75 Å². The van der Waals surface area contributed by atoms with Gasteiger partial charge in [0, 0.05) is 18.2 Å². The molecular weight excluding hydrogens is 279 g/mol. The Labute approximate surface area is 114 Å². The Bertz CT molecular complexity index is 462. The highest BCUT2D eigenvalue weighted by molar-refractivity contribution is 6.42. The van der Waals surface area contributed by atoms with Crippen LogP contribution in [0.15, 0.2) is 12.1 Å². The molecule has 1 aromatic carbocycles. The van der Waals surface area contributed by atoms with Crippen molar-refractivity contribution in [3.8, 4) is 5.75 Å². The Morgan fingerprint density at radius 2 is 2.17 bits per heavy atom. The predicted molar refractivity (Wildman–Crippen MR) is 69.6 cm³/mol. The fourth-order valence-corrected chi connectivity index (χ4v) is 2.18. The molecule has 1 heterocycles. The van der Waals surface area contributed by atoms with Gasteiger partial charge in [0.2, 0.25) is 0 Å². The highest BCUT2D eigenvalue weighted by Crippen LogP contribution is 2.35. The summed E-state index contributed by atoms with van der Waals surface area (Å²) in [6.45, 7) is 1.34. The first-order chi connectivity index (χ1) is 8.58. The molecule has 0 aliphatic carbocycles. The molecular formula is C11H12Cl2N2O3. The minimum Gasteiger partial charge on any atom is -0.485 e. The van der Waals surface area contributed by atoms with Crippen LogP contribution >= 0.6 is 23.2 Å². The molecule has 0 saturated carbocycles. The van der Waals surface area contributed by atoms with Crippen molar-refractivity contribution in [3.05, 3.63) is 32.3 Å². The van der Waals surface area contributed by atoms with Crippen LogP contribution in [0.3, 0.4) is 0 Å². The lowest BCUT2D eigenvalue weighted by atomic mass is 10.2. The molecule has 1 atom stereocenters. The van der Waals surface area contributed by atoms with Gasteiger partial charge in [-0.3, -0.25) is 10.1 Å². The van der Waals surface area contributed by atoms with Crippen LogP contribution < -0.4 is 10.1 Å². The topological polar surface area (TPSA) is 64.4 Å².